The Hall–Kier alpha value is -7.60. The number of thiophene rings is 1. The van der Waals surface area contributed by atoms with E-state index in [1.54, 1.807) is 0 Å². The third-order valence-electron chi connectivity index (χ3n) is 13.8. The molecule has 11 aromatic rings. The average molecular weight is 854 g/mol. The van der Waals surface area contributed by atoms with Crippen LogP contribution in [-0.2, 0) is 0 Å². The molecule has 1 aliphatic heterocycles. The highest BCUT2D eigenvalue weighted by molar-refractivity contribution is 7.25. The third-order valence-corrected chi connectivity index (χ3v) is 15.0. The van der Waals surface area contributed by atoms with Crippen LogP contribution in [0.3, 0.4) is 0 Å². The highest BCUT2D eigenvalue weighted by Gasteiger charge is 2.35. The van der Waals surface area contributed by atoms with Crippen LogP contribution in [0.25, 0.3) is 80.7 Å². The van der Waals surface area contributed by atoms with Crippen molar-refractivity contribution >= 4 is 86.8 Å². The molecule has 0 saturated carbocycles. The molecule has 8 aromatic carbocycles. The minimum atomic E-state index is -0.113. The van der Waals surface area contributed by atoms with Gasteiger partial charge in [-0.1, -0.05) is 153 Å². The van der Waals surface area contributed by atoms with E-state index >= 15 is 0 Å². The number of aromatic nitrogens is 1. The van der Waals surface area contributed by atoms with E-state index in [1.807, 2.05) is 11.3 Å². The van der Waals surface area contributed by atoms with E-state index in [9.17, 15) is 0 Å². The first-order valence-corrected chi connectivity index (χ1v) is 23.6. The maximum absolute atomic E-state index is 6.75. The standard InChI is InChI=1S/C60H43N3OS/c1-2-40-58(37-18-5-3-6-19-37)61-60(44-23-10-9-22-42(44)43-27-17-33-54-57(43)46-25-12-14-32-53(46)65-54)62-59(40)47-28-16-31-52-56(47)48-36-38(34-35-51(48)64-52)41-26-15-30-50-55(41)45-24-11-13-29-49(45)63(50)39-20-7-4-8-21-39/h3-21,23-36,40,42,58H,2,22H2,1H3. The van der Waals surface area contributed by atoms with E-state index in [2.05, 4.69) is 212 Å². The van der Waals surface area contributed by atoms with Crippen LogP contribution in [0.4, 0.5) is 0 Å². The summed E-state index contributed by atoms with van der Waals surface area (Å²) in [5.41, 5.74) is 13.5. The number of aliphatic imine (C=N–C) groups is 2. The van der Waals surface area contributed by atoms with Crippen molar-refractivity contribution in [1.29, 1.82) is 0 Å². The Labute approximate surface area is 380 Å². The predicted octanol–water partition coefficient (Wildman–Crippen LogP) is 16.4. The van der Waals surface area contributed by atoms with Gasteiger partial charge in [-0.3, -0.25) is 4.99 Å². The quantitative estimate of drug-likeness (QED) is 0.157. The Morgan fingerprint density at radius 1 is 0.615 bits per heavy atom. The number of benzene rings is 8. The van der Waals surface area contributed by atoms with Gasteiger partial charge in [0, 0.05) is 70.4 Å². The molecule has 3 unspecified atom stereocenters. The van der Waals surface area contributed by atoms with E-state index in [1.165, 1.54) is 58.7 Å². The van der Waals surface area contributed by atoms with Gasteiger partial charge >= 0.3 is 0 Å². The second-order valence-electron chi connectivity index (χ2n) is 17.4. The molecule has 0 fully saturated rings. The summed E-state index contributed by atoms with van der Waals surface area (Å²) in [6, 6.07) is 65.7. The first-order valence-electron chi connectivity index (χ1n) is 22.7. The summed E-state index contributed by atoms with van der Waals surface area (Å²) < 4.78 is 11.8. The Kier molecular flexibility index (Phi) is 8.92. The number of allylic oxidation sites excluding steroid dienone is 3. The number of nitrogens with zero attached hydrogens (tertiary/aromatic N) is 3. The van der Waals surface area contributed by atoms with Crippen LogP contribution in [0.5, 0.6) is 0 Å². The Bertz CT molecular complexity index is 3810. The number of amidine groups is 1. The molecule has 0 spiro atoms. The average Bonchev–Trinajstić information content (AvgIpc) is 4.06. The second kappa shape index (κ2) is 15.3. The molecule has 3 atom stereocenters. The van der Waals surface area contributed by atoms with Crippen LogP contribution in [0.2, 0.25) is 0 Å². The van der Waals surface area contributed by atoms with Crippen molar-refractivity contribution < 1.29 is 4.42 Å². The van der Waals surface area contributed by atoms with Crippen LogP contribution < -0.4 is 0 Å². The molecule has 2 aliphatic rings. The van der Waals surface area contributed by atoms with E-state index < -0.39 is 0 Å². The van der Waals surface area contributed by atoms with Gasteiger partial charge in [-0.25, -0.2) is 4.99 Å². The fourth-order valence-electron chi connectivity index (χ4n) is 10.9. The molecule has 1 aliphatic carbocycles. The number of para-hydroxylation sites is 2. The highest BCUT2D eigenvalue weighted by atomic mass is 32.1. The molecule has 13 rings (SSSR count). The molecule has 65 heavy (non-hydrogen) atoms. The van der Waals surface area contributed by atoms with Crippen LogP contribution in [0.1, 0.15) is 48.4 Å². The number of hydrogen-bond donors (Lipinski definition) is 0. The summed E-state index contributed by atoms with van der Waals surface area (Å²) in [5.74, 6) is 0.959. The number of hydrogen-bond acceptors (Lipinski definition) is 4. The normalized spacial score (nSPS) is 17.7. The lowest BCUT2D eigenvalue weighted by Gasteiger charge is -2.32. The van der Waals surface area contributed by atoms with Crippen molar-refractivity contribution in [1.82, 2.24) is 4.57 Å². The van der Waals surface area contributed by atoms with Gasteiger partial charge in [-0.05, 0) is 89.7 Å². The van der Waals surface area contributed by atoms with Crippen molar-refractivity contribution in [3.63, 3.8) is 0 Å². The Morgan fingerprint density at radius 3 is 2.23 bits per heavy atom. The zero-order chi connectivity index (χ0) is 43.0. The zero-order valence-electron chi connectivity index (χ0n) is 35.9. The first-order chi connectivity index (χ1) is 32.2. The zero-order valence-corrected chi connectivity index (χ0v) is 36.7. The van der Waals surface area contributed by atoms with E-state index in [-0.39, 0.29) is 17.9 Å². The van der Waals surface area contributed by atoms with Gasteiger partial charge in [0.15, 0.2) is 5.84 Å². The van der Waals surface area contributed by atoms with Gasteiger partial charge in [0.25, 0.3) is 0 Å². The molecule has 310 valence electrons. The van der Waals surface area contributed by atoms with Gasteiger partial charge < -0.3 is 8.98 Å². The minimum Gasteiger partial charge on any atom is -0.456 e. The van der Waals surface area contributed by atoms with Crippen molar-refractivity contribution in [3.8, 4) is 16.8 Å². The first kappa shape index (κ1) is 37.9. The smallest absolute Gasteiger partial charge is 0.152 e. The fourth-order valence-corrected chi connectivity index (χ4v) is 12.1. The molecule has 0 N–H and O–H groups in total. The molecule has 0 bridgehead atoms. The molecule has 4 heterocycles. The number of rotatable bonds is 7. The summed E-state index contributed by atoms with van der Waals surface area (Å²) in [7, 11) is 0. The Balaban J connectivity index is 1.00. The largest absolute Gasteiger partial charge is 0.456 e. The van der Waals surface area contributed by atoms with Gasteiger partial charge in [0.2, 0.25) is 0 Å². The van der Waals surface area contributed by atoms with Crippen LogP contribution in [0, 0.1) is 5.92 Å². The van der Waals surface area contributed by atoms with Gasteiger partial charge in [-0.2, -0.15) is 0 Å². The van der Waals surface area contributed by atoms with Crippen molar-refractivity contribution in [2.24, 2.45) is 15.9 Å². The molecular formula is C60H43N3OS. The highest BCUT2D eigenvalue weighted by Crippen LogP contribution is 2.46. The Morgan fingerprint density at radius 2 is 1.35 bits per heavy atom. The van der Waals surface area contributed by atoms with Crippen molar-refractivity contribution in [2.75, 3.05) is 0 Å². The van der Waals surface area contributed by atoms with E-state index in [4.69, 9.17) is 14.4 Å². The molecule has 0 saturated heterocycles. The summed E-state index contributed by atoms with van der Waals surface area (Å²) >= 11 is 1.87. The second-order valence-corrected chi connectivity index (χ2v) is 18.4. The van der Waals surface area contributed by atoms with E-state index in [0.717, 1.165) is 68.7 Å². The number of furan rings is 1. The maximum atomic E-state index is 6.75. The van der Waals surface area contributed by atoms with Crippen LogP contribution >= 0.6 is 11.3 Å². The van der Waals surface area contributed by atoms with Gasteiger partial charge in [0.05, 0.1) is 22.8 Å². The monoisotopic (exact) mass is 853 g/mol. The summed E-state index contributed by atoms with van der Waals surface area (Å²) in [5, 5.41) is 7.31. The van der Waals surface area contributed by atoms with E-state index in [0.29, 0.717) is 0 Å². The van der Waals surface area contributed by atoms with Gasteiger partial charge in [-0.15, -0.1) is 11.3 Å². The van der Waals surface area contributed by atoms with Crippen LogP contribution in [0.15, 0.2) is 220 Å². The third kappa shape index (κ3) is 6.03. The summed E-state index contributed by atoms with van der Waals surface area (Å²) in [4.78, 5) is 11.4. The molecule has 4 nitrogen and oxygen atoms in total. The molecule has 3 aromatic heterocycles. The van der Waals surface area contributed by atoms with Crippen LogP contribution in [-0.4, -0.2) is 16.1 Å². The maximum Gasteiger partial charge on any atom is 0.152 e. The molecule has 0 amide bonds. The molecule has 0 radical (unpaired) electrons. The topological polar surface area (TPSA) is 42.8 Å². The predicted molar refractivity (Wildman–Crippen MR) is 274 cm³/mol. The lowest BCUT2D eigenvalue weighted by Crippen LogP contribution is -2.29. The fraction of sp³-hybridized carbons (Fsp3) is 0.100. The summed E-state index contributed by atoms with van der Waals surface area (Å²) in [6.07, 6.45) is 8.53. The van der Waals surface area contributed by atoms with Gasteiger partial charge in [0.1, 0.15) is 11.2 Å². The molecule has 5 heteroatoms. The molecular weight excluding hydrogens is 811 g/mol. The van der Waals surface area contributed by atoms with Crippen molar-refractivity contribution in [3.05, 3.63) is 222 Å². The minimum absolute atomic E-state index is 0.0418. The van der Waals surface area contributed by atoms with Crippen molar-refractivity contribution in [2.45, 2.75) is 31.7 Å². The SMILES string of the molecule is CCC1C(c2cccc3oc4ccc(-c5cccc6c5c5ccccc5n6-c5ccccc5)cc4c23)=NC(C2=CC=CCC2c2cccc3sc4ccccc4c23)=NC1c1ccccc1. The number of fused-ring (bicyclic) bond motifs is 9. The summed E-state index contributed by atoms with van der Waals surface area (Å²) in [6.45, 7) is 2.28. The lowest BCUT2D eigenvalue weighted by molar-refractivity contribution is 0.532. The lowest BCUT2D eigenvalue weighted by atomic mass is 9.79.